The molecule has 33 heavy (non-hydrogen) atoms. The van der Waals surface area contributed by atoms with Crippen LogP contribution in [0, 0.1) is 0 Å². The fourth-order valence-electron chi connectivity index (χ4n) is 4.36. The summed E-state index contributed by atoms with van der Waals surface area (Å²) >= 11 is 0. The Labute approximate surface area is 191 Å². The van der Waals surface area contributed by atoms with Gasteiger partial charge in [0.15, 0.2) is 22.7 Å². The van der Waals surface area contributed by atoms with Crippen LogP contribution < -0.4 is 25.0 Å². The molecular formula is C25H26N2O6. The van der Waals surface area contributed by atoms with Crippen LogP contribution in [0.4, 0.5) is 0 Å². The average molecular weight is 450 g/mol. The molecule has 5 rings (SSSR count). The normalized spacial score (nSPS) is 18.2. The van der Waals surface area contributed by atoms with Crippen molar-refractivity contribution in [1.82, 2.24) is 10.2 Å². The summed E-state index contributed by atoms with van der Waals surface area (Å²) in [6, 6.07) is 12.1. The van der Waals surface area contributed by atoms with Crippen LogP contribution in [-0.4, -0.2) is 43.8 Å². The van der Waals surface area contributed by atoms with Gasteiger partial charge < -0.3 is 23.9 Å². The topological polar surface area (TPSA) is 90.2 Å². The molecule has 2 aromatic carbocycles. The van der Waals surface area contributed by atoms with Crippen LogP contribution in [0.3, 0.4) is 0 Å². The zero-order valence-electron chi connectivity index (χ0n) is 18.5. The fraction of sp³-hybridized carbons (Fsp3) is 0.360. The molecule has 0 spiro atoms. The van der Waals surface area contributed by atoms with E-state index in [1.54, 1.807) is 18.2 Å². The molecule has 172 valence electrons. The minimum atomic E-state index is -0.407. The lowest BCUT2D eigenvalue weighted by atomic mass is 10.1. The molecular weight excluding hydrogens is 424 g/mol. The van der Waals surface area contributed by atoms with E-state index in [-0.39, 0.29) is 17.4 Å². The largest absolute Gasteiger partial charge is 0.497 e. The molecule has 1 atom stereocenters. The second-order valence-electron chi connectivity index (χ2n) is 8.27. The summed E-state index contributed by atoms with van der Waals surface area (Å²) in [5.41, 5.74) is 1.15. The number of piperidine rings is 1. The Morgan fingerprint density at radius 2 is 1.94 bits per heavy atom. The molecule has 1 unspecified atom stereocenters. The highest BCUT2D eigenvalue weighted by atomic mass is 16.6. The zero-order valence-corrected chi connectivity index (χ0v) is 18.5. The molecule has 1 fully saturated rings. The van der Waals surface area contributed by atoms with Crippen LogP contribution in [0.15, 0.2) is 51.7 Å². The Morgan fingerprint density at radius 1 is 1.09 bits per heavy atom. The molecule has 8 heteroatoms. The van der Waals surface area contributed by atoms with Crippen LogP contribution in [-0.2, 0) is 6.54 Å². The lowest BCUT2D eigenvalue weighted by Gasteiger charge is -2.36. The predicted octanol–water partition coefficient (Wildman–Crippen LogP) is 3.31. The summed E-state index contributed by atoms with van der Waals surface area (Å²) in [7, 11) is 1.54. The number of benzene rings is 2. The third-order valence-electron chi connectivity index (χ3n) is 6.06. The van der Waals surface area contributed by atoms with Crippen molar-refractivity contribution in [1.29, 1.82) is 0 Å². The van der Waals surface area contributed by atoms with Gasteiger partial charge in [-0.1, -0.05) is 6.07 Å². The first kappa shape index (κ1) is 21.3. The van der Waals surface area contributed by atoms with Gasteiger partial charge >= 0.3 is 0 Å². The smallest absolute Gasteiger partial charge is 0.288 e. The van der Waals surface area contributed by atoms with Crippen LogP contribution in [0.5, 0.6) is 17.2 Å². The molecule has 8 nitrogen and oxygen atoms in total. The number of hydrogen-bond donors (Lipinski definition) is 1. The SMILES string of the molecule is COc1ccc2c(=O)cc(C(=O)NC3CCCCN3Cc3ccc4c(c3)OCCO4)oc2c1. The van der Waals surface area contributed by atoms with Crippen LogP contribution in [0.1, 0.15) is 35.4 Å². The van der Waals surface area contributed by atoms with Crippen molar-refractivity contribution in [2.45, 2.75) is 32.0 Å². The number of nitrogens with zero attached hydrogens (tertiary/aromatic N) is 1. The summed E-state index contributed by atoms with van der Waals surface area (Å²) in [6.07, 6.45) is 2.73. The molecule has 1 N–H and O–H groups in total. The number of ether oxygens (including phenoxy) is 3. The molecule has 1 amide bonds. The van der Waals surface area contributed by atoms with Crippen LogP contribution in [0.25, 0.3) is 11.0 Å². The van der Waals surface area contributed by atoms with Gasteiger partial charge in [-0.15, -0.1) is 0 Å². The highest BCUT2D eigenvalue weighted by molar-refractivity contribution is 5.93. The number of nitrogens with one attached hydrogen (secondary N) is 1. The summed E-state index contributed by atoms with van der Waals surface area (Å²) < 4.78 is 22.3. The predicted molar refractivity (Wildman–Crippen MR) is 122 cm³/mol. The van der Waals surface area contributed by atoms with Gasteiger partial charge in [0.25, 0.3) is 5.91 Å². The lowest BCUT2D eigenvalue weighted by molar-refractivity contribution is 0.0728. The van der Waals surface area contributed by atoms with E-state index in [1.807, 2.05) is 18.2 Å². The van der Waals surface area contributed by atoms with E-state index in [9.17, 15) is 9.59 Å². The van der Waals surface area contributed by atoms with Crippen molar-refractivity contribution in [3.05, 3.63) is 64.0 Å². The molecule has 1 saturated heterocycles. The Bertz CT molecular complexity index is 1240. The van der Waals surface area contributed by atoms with Gasteiger partial charge in [0.1, 0.15) is 24.5 Å². The zero-order chi connectivity index (χ0) is 22.8. The van der Waals surface area contributed by atoms with Gasteiger partial charge in [-0.3, -0.25) is 14.5 Å². The highest BCUT2D eigenvalue weighted by Crippen LogP contribution is 2.31. The van der Waals surface area contributed by atoms with E-state index in [1.165, 1.54) is 13.2 Å². The van der Waals surface area contributed by atoms with Crippen LogP contribution >= 0.6 is 0 Å². The summed E-state index contributed by atoms with van der Waals surface area (Å²) in [4.78, 5) is 27.8. The van der Waals surface area contributed by atoms with E-state index in [4.69, 9.17) is 18.6 Å². The monoisotopic (exact) mass is 450 g/mol. The summed E-state index contributed by atoms with van der Waals surface area (Å²) in [5, 5.41) is 3.46. The number of hydrogen-bond acceptors (Lipinski definition) is 7. The second-order valence-corrected chi connectivity index (χ2v) is 8.27. The van der Waals surface area contributed by atoms with Gasteiger partial charge in [-0.05, 0) is 49.1 Å². The minimum Gasteiger partial charge on any atom is -0.497 e. The maximum absolute atomic E-state index is 13.0. The van der Waals surface area contributed by atoms with Crippen molar-refractivity contribution in [3.63, 3.8) is 0 Å². The minimum absolute atomic E-state index is 0.00870. The van der Waals surface area contributed by atoms with Crippen molar-refractivity contribution >= 4 is 16.9 Å². The third kappa shape index (κ3) is 4.52. The molecule has 0 saturated carbocycles. The Hall–Kier alpha value is -3.52. The molecule has 1 aromatic heterocycles. The van der Waals surface area contributed by atoms with Gasteiger partial charge in [-0.2, -0.15) is 0 Å². The van der Waals surface area contributed by atoms with Crippen LogP contribution in [0.2, 0.25) is 0 Å². The number of carbonyl (C=O) groups is 1. The summed E-state index contributed by atoms with van der Waals surface area (Å²) in [6.45, 7) is 2.63. The van der Waals surface area contributed by atoms with Crippen molar-refractivity contribution in [2.75, 3.05) is 26.9 Å². The maximum atomic E-state index is 13.0. The molecule has 2 aliphatic rings. The third-order valence-corrected chi connectivity index (χ3v) is 6.06. The quantitative estimate of drug-likeness (QED) is 0.638. The van der Waals surface area contributed by atoms with E-state index < -0.39 is 5.91 Å². The fourth-order valence-corrected chi connectivity index (χ4v) is 4.36. The first-order chi connectivity index (χ1) is 16.1. The first-order valence-electron chi connectivity index (χ1n) is 11.2. The summed E-state index contributed by atoms with van der Waals surface area (Å²) in [5.74, 6) is 1.66. The van der Waals surface area contributed by atoms with E-state index >= 15 is 0 Å². The molecule has 3 heterocycles. The highest BCUT2D eigenvalue weighted by Gasteiger charge is 2.26. The molecule has 0 aliphatic carbocycles. The number of methoxy groups -OCH3 is 1. The molecule has 0 bridgehead atoms. The first-order valence-corrected chi connectivity index (χ1v) is 11.2. The van der Waals surface area contributed by atoms with Gasteiger partial charge in [0, 0.05) is 25.2 Å². The Kier molecular flexibility index (Phi) is 5.92. The van der Waals surface area contributed by atoms with Crippen molar-refractivity contribution in [3.8, 4) is 17.2 Å². The molecule has 3 aromatic rings. The van der Waals surface area contributed by atoms with Crippen molar-refractivity contribution < 1.29 is 23.4 Å². The van der Waals surface area contributed by atoms with E-state index in [0.29, 0.717) is 36.5 Å². The average Bonchev–Trinajstić information content (AvgIpc) is 2.84. The number of amides is 1. The molecule has 0 radical (unpaired) electrons. The number of rotatable bonds is 5. The number of carbonyl (C=O) groups excluding carboxylic acids is 1. The van der Waals surface area contributed by atoms with E-state index in [0.717, 1.165) is 42.9 Å². The van der Waals surface area contributed by atoms with Crippen molar-refractivity contribution in [2.24, 2.45) is 0 Å². The van der Waals surface area contributed by atoms with Gasteiger partial charge in [0.05, 0.1) is 18.7 Å². The Morgan fingerprint density at radius 3 is 2.79 bits per heavy atom. The van der Waals surface area contributed by atoms with Gasteiger partial charge in [0.2, 0.25) is 0 Å². The standard InChI is InChI=1S/C25H26N2O6/c1-30-17-6-7-18-19(28)14-23(33-21(18)13-17)25(29)26-24-4-2-3-9-27(24)15-16-5-8-20-22(12-16)32-11-10-31-20/h5-8,12-14,24H,2-4,9-11,15H2,1H3,(H,26,29). The lowest BCUT2D eigenvalue weighted by Crippen LogP contribution is -2.50. The number of fused-ring (bicyclic) bond motifs is 2. The van der Waals surface area contributed by atoms with Gasteiger partial charge in [-0.25, -0.2) is 0 Å². The maximum Gasteiger partial charge on any atom is 0.288 e. The van der Waals surface area contributed by atoms with E-state index in [2.05, 4.69) is 10.2 Å². The Balaban J connectivity index is 1.34. The molecule has 2 aliphatic heterocycles. The number of likely N-dealkylation sites (tertiary alicyclic amines) is 1. The second kappa shape index (κ2) is 9.15.